The highest BCUT2D eigenvalue weighted by atomic mass is 19.1. The molecule has 2 amide bonds. The van der Waals surface area contributed by atoms with Gasteiger partial charge in [-0.3, -0.25) is 14.6 Å². The Hall–Kier alpha value is -3.55. The van der Waals surface area contributed by atoms with Gasteiger partial charge in [-0.15, -0.1) is 0 Å². The van der Waals surface area contributed by atoms with Crippen LogP contribution in [0.1, 0.15) is 22.3 Å². The van der Waals surface area contributed by atoms with Crippen molar-refractivity contribution in [3.8, 4) is 5.75 Å². The van der Waals surface area contributed by atoms with Crippen LogP contribution in [-0.2, 0) is 4.79 Å². The number of hydrogen-bond acceptors (Lipinski definition) is 4. The molecule has 1 aliphatic heterocycles. The van der Waals surface area contributed by atoms with Crippen molar-refractivity contribution in [2.45, 2.75) is 19.4 Å². The molecule has 154 valence electrons. The Morgan fingerprint density at radius 2 is 1.97 bits per heavy atom. The number of anilines is 1. The number of fused-ring (bicyclic) bond motifs is 1. The van der Waals surface area contributed by atoms with Crippen LogP contribution in [0.15, 0.2) is 42.6 Å². The monoisotopic (exact) mass is 411 g/mol. The number of likely N-dealkylation sites (tertiary alicyclic amines) is 1. The summed E-state index contributed by atoms with van der Waals surface area (Å²) < 4.78 is 33.5. The van der Waals surface area contributed by atoms with Crippen LogP contribution < -0.4 is 10.1 Å². The molecule has 2 aromatic carbocycles. The van der Waals surface area contributed by atoms with E-state index in [1.807, 2.05) is 0 Å². The number of aromatic nitrogens is 1. The van der Waals surface area contributed by atoms with Crippen molar-refractivity contribution in [3.63, 3.8) is 0 Å². The molecule has 1 unspecified atom stereocenters. The summed E-state index contributed by atoms with van der Waals surface area (Å²) >= 11 is 0. The van der Waals surface area contributed by atoms with Gasteiger partial charge in [0.05, 0.1) is 5.56 Å². The first kappa shape index (κ1) is 19.8. The van der Waals surface area contributed by atoms with Gasteiger partial charge in [0, 0.05) is 37.3 Å². The summed E-state index contributed by atoms with van der Waals surface area (Å²) in [4.78, 5) is 30.1. The molecule has 1 aliphatic rings. The van der Waals surface area contributed by atoms with Crippen molar-refractivity contribution in [2.24, 2.45) is 0 Å². The lowest BCUT2D eigenvalue weighted by Crippen LogP contribution is -2.29. The van der Waals surface area contributed by atoms with Crippen molar-refractivity contribution in [2.75, 3.05) is 18.9 Å². The zero-order chi connectivity index (χ0) is 21.4. The van der Waals surface area contributed by atoms with E-state index >= 15 is 0 Å². The Balaban J connectivity index is 1.51. The maximum absolute atomic E-state index is 14.0. The second kappa shape index (κ2) is 7.70. The van der Waals surface area contributed by atoms with Gasteiger partial charge >= 0.3 is 0 Å². The number of hydrogen-bond donors (Lipinski definition) is 1. The molecule has 2 heterocycles. The third-order valence-electron chi connectivity index (χ3n) is 5.11. The zero-order valence-electron chi connectivity index (χ0n) is 16.4. The predicted molar refractivity (Wildman–Crippen MR) is 107 cm³/mol. The number of benzene rings is 2. The maximum atomic E-state index is 14.0. The minimum atomic E-state index is -0.656. The molecule has 6 nitrogen and oxygen atoms in total. The fourth-order valence-corrected chi connectivity index (χ4v) is 3.38. The lowest BCUT2D eigenvalue weighted by atomic mass is 10.1. The second-order valence-corrected chi connectivity index (χ2v) is 7.24. The molecular formula is C22H19F2N3O3. The summed E-state index contributed by atoms with van der Waals surface area (Å²) in [6.45, 7) is 2.44. The third-order valence-corrected chi connectivity index (χ3v) is 5.11. The number of nitrogens with one attached hydrogen (secondary N) is 1. The largest absolute Gasteiger partial charge is 0.481 e. The minimum Gasteiger partial charge on any atom is -0.481 e. The van der Waals surface area contributed by atoms with E-state index in [0.717, 1.165) is 17.7 Å². The number of rotatable bonds is 4. The number of likely N-dealkylation sites (N-methyl/N-ethyl adjacent to an activating group) is 1. The van der Waals surface area contributed by atoms with E-state index in [9.17, 15) is 18.4 Å². The van der Waals surface area contributed by atoms with Gasteiger partial charge in [-0.25, -0.2) is 8.78 Å². The van der Waals surface area contributed by atoms with Gasteiger partial charge in [0.2, 0.25) is 0 Å². The number of carbonyl (C=O) groups is 2. The van der Waals surface area contributed by atoms with E-state index in [1.54, 1.807) is 37.1 Å². The molecule has 0 saturated carbocycles. The third kappa shape index (κ3) is 3.68. The van der Waals surface area contributed by atoms with Crippen molar-refractivity contribution in [1.82, 2.24) is 9.88 Å². The van der Waals surface area contributed by atoms with Gasteiger partial charge in [0.25, 0.3) is 11.8 Å². The average molecular weight is 411 g/mol. The first-order valence-corrected chi connectivity index (χ1v) is 9.41. The molecule has 0 bridgehead atoms. The van der Waals surface area contributed by atoms with E-state index in [-0.39, 0.29) is 22.4 Å². The summed E-state index contributed by atoms with van der Waals surface area (Å²) in [5, 5.41) is 2.68. The van der Waals surface area contributed by atoms with Crippen LogP contribution in [-0.4, -0.2) is 41.4 Å². The number of ether oxygens (including phenoxy) is 1. The summed E-state index contributed by atoms with van der Waals surface area (Å²) in [6, 6.07) is 8.33. The lowest BCUT2D eigenvalue weighted by Gasteiger charge is -2.15. The maximum Gasteiger partial charge on any atom is 0.263 e. The van der Waals surface area contributed by atoms with Crippen LogP contribution in [0.25, 0.3) is 10.9 Å². The summed E-state index contributed by atoms with van der Waals surface area (Å²) in [5.74, 6) is -1.34. The molecule has 1 fully saturated rings. The van der Waals surface area contributed by atoms with Crippen molar-refractivity contribution in [3.05, 3.63) is 65.4 Å². The molecule has 0 spiro atoms. The van der Waals surface area contributed by atoms with Gasteiger partial charge in [0.1, 0.15) is 22.9 Å². The molecule has 0 aliphatic carbocycles. The van der Waals surface area contributed by atoms with Gasteiger partial charge < -0.3 is 15.0 Å². The zero-order valence-corrected chi connectivity index (χ0v) is 16.4. The number of amides is 2. The highest BCUT2D eigenvalue weighted by molar-refractivity contribution is 6.06. The van der Waals surface area contributed by atoms with Crippen LogP contribution in [0.3, 0.4) is 0 Å². The normalized spacial score (nSPS) is 16.2. The van der Waals surface area contributed by atoms with Crippen LogP contribution in [0.4, 0.5) is 14.5 Å². The molecule has 1 saturated heterocycles. The number of halogens is 2. The van der Waals surface area contributed by atoms with Crippen molar-refractivity contribution < 1.29 is 23.1 Å². The molecule has 4 rings (SSSR count). The molecule has 3 aromatic rings. The van der Waals surface area contributed by atoms with Gasteiger partial charge in [-0.2, -0.15) is 0 Å². The SMILES string of the molecule is Cc1cc(OC2CCN(C)C2=O)ccc1NC(=O)c1cnc2c(F)ccc(F)c2c1. The summed E-state index contributed by atoms with van der Waals surface area (Å²) in [5.41, 5.74) is 1.23. The number of aryl methyl sites for hydroxylation is 1. The van der Waals surface area contributed by atoms with Crippen LogP contribution in [0, 0.1) is 18.6 Å². The second-order valence-electron chi connectivity index (χ2n) is 7.24. The van der Waals surface area contributed by atoms with Gasteiger partial charge in [-0.1, -0.05) is 0 Å². The molecule has 1 N–H and O–H groups in total. The Morgan fingerprint density at radius 3 is 2.67 bits per heavy atom. The molecule has 1 aromatic heterocycles. The number of nitrogens with zero attached hydrogens (tertiary/aromatic N) is 2. The lowest BCUT2D eigenvalue weighted by molar-refractivity contribution is -0.132. The van der Waals surface area contributed by atoms with Crippen LogP contribution >= 0.6 is 0 Å². The standard InChI is InChI=1S/C22H19F2N3O3/c1-12-9-14(30-19-7-8-27(2)22(19)29)3-6-18(12)26-21(28)13-10-15-16(23)4-5-17(24)20(15)25-11-13/h3-6,9-11,19H,7-8H2,1-2H3,(H,26,28). The molecular weight excluding hydrogens is 392 g/mol. The van der Waals surface area contributed by atoms with Crippen molar-refractivity contribution in [1.29, 1.82) is 0 Å². The Labute approximate surface area is 171 Å². The fraction of sp³-hybridized carbons (Fsp3) is 0.227. The van der Waals surface area contributed by atoms with Gasteiger partial charge in [-0.05, 0) is 48.9 Å². The number of pyridine rings is 1. The van der Waals surface area contributed by atoms with E-state index < -0.39 is 23.6 Å². The summed E-state index contributed by atoms with van der Waals surface area (Å²) in [6.07, 6.45) is 1.32. The fourth-order valence-electron chi connectivity index (χ4n) is 3.38. The Morgan fingerprint density at radius 1 is 1.20 bits per heavy atom. The summed E-state index contributed by atoms with van der Waals surface area (Å²) in [7, 11) is 1.73. The average Bonchev–Trinajstić information content (AvgIpc) is 3.04. The Bertz CT molecular complexity index is 1170. The first-order chi connectivity index (χ1) is 14.3. The first-order valence-electron chi connectivity index (χ1n) is 9.41. The topological polar surface area (TPSA) is 71.5 Å². The predicted octanol–water partition coefficient (Wildman–Crippen LogP) is 3.68. The molecule has 30 heavy (non-hydrogen) atoms. The van der Waals surface area contributed by atoms with Crippen LogP contribution in [0.2, 0.25) is 0 Å². The minimum absolute atomic E-state index is 0.0579. The quantitative estimate of drug-likeness (QED) is 0.711. The van der Waals surface area contributed by atoms with Crippen LogP contribution in [0.5, 0.6) is 5.75 Å². The highest BCUT2D eigenvalue weighted by Gasteiger charge is 2.30. The highest BCUT2D eigenvalue weighted by Crippen LogP contribution is 2.26. The molecule has 0 radical (unpaired) electrons. The molecule has 8 heteroatoms. The van der Waals surface area contributed by atoms with E-state index in [2.05, 4.69) is 10.3 Å². The Kier molecular flexibility index (Phi) is 5.07. The number of carbonyl (C=O) groups excluding carboxylic acids is 2. The van der Waals surface area contributed by atoms with E-state index in [1.165, 1.54) is 12.3 Å². The van der Waals surface area contributed by atoms with E-state index in [0.29, 0.717) is 24.4 Å². The van der Waals surface area contributed by atoms with E-state index in [4.69, 9.17) is 4.74 Å². The smallest absolute Gasteiger partial charge is 0.263 e. The van der Waals surface area contributed by atoms with Gasteiger partial charge in [0.15, 0.2) is 6.10 Å². The van der Waals surface area contributed by atoms with Crippen molar-refractivity contribution >= 4 is 28.4 Å². The molecule has 1 atom stereocenters.